The van der Waals surface area contributed by atoms with Gasteiger partial charge in [-0.2, -0.15) is 0 Å². The van der Waals surface area contributed by atoms with Crippen molar-refractivity contribution in [1.29, 1.82) is 0 Å². The van der Waals surface area contributed by atoms with Gasteiger partial charge in [-0.1, -0.05) is 30.3 Å². The van der Waals surface area contributed by atoms with Crippen molar-refractivity contribution >= 4 is 28.8 Å². The normalized spacial score (nSPS) is 17.4. The number of rotatable bonds is 5. The molecule has 2 aliphatic rings. The molecule has 3 heterocycles. The molecule has 33 heavy (non-hydrogen) atoms. The first-order valence-electron chi connectivity index (χ1n) is 11.6. The van der Waals surface area contributed by atoms with Crippen LogP contribution in [0.15, 0.2) is 60.0 Å². The van der Waals surface area contributed by atoms with E-state index in [1.807, 2.05) is 52.3 Å². The van der Waals surface area contributed by atoms with Crippen molar-refractivity contribution in [2.45, 2.75) is 25.8 Å². The maximum atomic E-state index is 13.0. The van der Waals surface area contributed by atoms with E-state index in [0.29, 0.717) is 25.1 Å². The quantitative estimate of drug-likeness (QED) is 0.570. The topological polar surface area (TPSA) is 56.8 Å². The summed E-state index contributed by atoms with van der Waals surface area (Å²) in [5.41, 5.74) is 3.81. The summed E-state index contributed by atoms with van der Waals surface area (Å²) in [5, 5.41) is 3.18. The first-order valence-corrected chi connectivity index (χ1v) is 12.5. The highest BCUT2D eigenvalue weighted by Crippen LogP contribution is 2.25. The van der Waals surface area contributed by atoms with E-state index in [2.05, 4.69) is 22.4 Å². The monoisotopic (exact) mass is 460 g/mol. The zero-order chi connectivity index (χ0) is 22.6. The van der Waals surface area contributed by atoms with Gasteiger partial charge in [-0.3, -0.25) is 14.5 Å². The van der Waals surface area contributed by atoms with Crippen LogP contribution in [-0.4, -0.2) is 59.3 Å². The Kier molecular flexibility index (Phi) is 6.51. The predicted molar refractivity (Wildman–Crippen MR) is 131 cm³/mol. The first-order chi connectivity index (χ1) is 16.2. The Balaban J connectivity index is 1.14. The van der Waals surface area contributed by atoms with Crippen LogP contribution in [0.5, 0.6) is 0 Å². The Morgan fingerprint density at radius 1 is 0.909 bits per heavy atom. The van der Waals surface area contributed by atoms with Gasteiger partial charge in [0.2, 0.25) is 5.91 Å². The number of nitrogens with zero attached hydrogens (tertiary/aromatic N) is 4. The second-order valence-corrected chi connectivity index (χ2v) is 9.49. The van der Waals surface area contributed by atoms with E-state index >= 15 is 0 Å². The molecule has 5 rings (SSSR count). The van der Waals surface area contributed by atoms with Gasteiger partial charge in [0.15, 0.2) is 0 Å². The van der Waals surface area contributed by atoms with Gasteiger partial charge in [-0.25, -0.2) is 4.98 Å². The van der Waals surface area contributed by atoms with Gasteiger partial charge >= 0.3 is 0 Å². The summed E-state index contributed by atoms with van der Waals surface area (Å²) < 4.78 is 0. The molecule has 7 heteroatoms. The Labute approximate surface area is 198 Å². The fraction of sp³-hybridized carbons (Fsp3) is 0.346. The number of amides is 2. The average molecular weight is 461 g/mol. The van der Waals surface area contributed by atoms with E-state index in [1.54, 1.807) is 11.3 Å². The lowest BCUT2D eigenvalue weighted by atomic mass is 10.1. The standard InChI is InChI=1S/C26H28N4O2S/c31-24-8-4-5-13-30(24)23-11-9-21(10-12-23)26(32)29-16-14-28(15-17-29)18-22-19-33-25(27-22)20-6-2-1-3-7-20/h1-3,6-7,9-12,19H,4-5,8,13-18H2. The second-order valence-electron chi connectivity index (χ2n) is 8.63. The molecule has 0 radical (unpaired) electrons. The van der Waals surface area contributed by atoms with Crippen LogP contribution in [-0.2, 0) is 11.3 Å². The molecule has 2 amide bonds. The zero-order valence-electron chi connectivity index (χ0n) is 18.7. The number of thiazole rings is 1. The average Bonchev–Trinajstić information content (AvgIpc) is 3.34. The van der Waals surface area contributed by atoms with Crippen molar-refractivity contribution in [3.63, 3.8) is 0 Å². The van der Waals surface area contributed by atoms with Crippen molar-refractivity contribution in [3.8, 4) is 10.6 Å². The maximum Gasteiger partial charge on any atom is 0.253 e. The van der Waals surface area contributed by atoms with Gasteiger partial charge in [0.1, 0.15) is 5.01 Å². The molecular formula is C26H28N4O2S. The Bertz CT molecular complexity index is 1100. The lowest BCUT2D eigenvalue weighted by Crippen LogP contribution is -2.48. The molecule has 0 bridgehead atoms. The fourth-order valence-electron chi connectivity index (χ4n) is 4.48. The fourth-order valence-corrected chi connectivity index (χ4v) is 5.29. The third-order valence-electron chi connectivity index (χ3n) is 6.37. The van der Waals surface area contributed by atoms with Gasteiger partial charge in [-0.05, 0) is 37.1 Å². The highest BCUT2D eigenvalue weighted by atomic mass is 32.1. The summed E-state index contributed by atoms with van der Waals surface area (Å²) >= 11 is 1.68. The minimum atomic E-state index is 0.0613. The van der Waals surface area contributed by atoms with Crippen molar-refractivity contribution in [3.05, 3.63) is 71.2 Å². The highest BCUT2D eigenvalue weighted by molar-refractivity contribution is 7.13. The maximum absolute atomic E-state index is 13.0. The van der Waals surface area contributed by atoms with Crippen LogP contribution in [0.4, 0.5) is 5.69 Å². The molecule has 0 N–H and O–H groups in total. The van der Waals surface area contributed by atoms with Crippen molar-refractivity contribution in [1.82, 2.24) is 14.8 Å². The predicted octanol–water partition coefficient (Wildman–Crippen LogP) is 4.29. The zero-order valence-corrected chi connectivity index (χ0v) is 19.5. The molecular weight excluding hydrogens is 432 g/mol. The van der Waals surface area contributed by atoms with Crippen molar-refractivity contribution in [2.24, 2.45) is 0 Å². The Hall–Kier alpha value is -3.03. The second kappa shape index (κ2) is 9.85. The summed E-state index contributed by atoms with van der Waals surface area (Å²) in [4.78, 5) is 36.0. The highest BCUT2D eigenvalue weighted by Gasteiger charge is 2.24. The first kappa shape index (κ1) is 21.8. The summed E-state index contributed by atoms with van der Waals surface area (Å²) in [7, 11) is 0. The molecule has 2 aliphatic heterocycles. The summed E-state index contributed by atoms with van der Waals surface area (Å²) in [6.45, 7) is 4.67. The molecule has 2 fully saturated rings. The Morgan fingerprint density at radius 3 is 2.39 bits per heavy atom. The van der Waals surface area contributed by atoms with Crippen LogP contribution in [0.1, 0.15) is 35.3 Å². The third-order valence-corrected chi connectivity index (χ3v) is 7.31. The van der Waals surface area contributed by atoms with Gasteiger partial charge in [-0.15, -0.1) is 11.3 Å². The van der Waals surface area contributed by atoms with E-state index < -0.39 is 0 Å². The minimum absolute atomic E-state index is 0.0613. The van der Waals surface area contributed by atoms with Gasteiger partial charge < -0.3 is 9.80 Å². The van der Waals surface area contributed by atoms with E-state index in [1.165, 1.54) is 0 Å². The van der Waals surface area contributed by atoms with Crippen LogP contribution in [0.25, 0.3) is 10.6 Å². The SMILES string of the molecule is O=C(c1ccc(N2CCCCC2=O)cc1)N1CCN(Cc2csc(-c3ccccc3)n2)CC1. The molecule has 0 unspecified atom stereocenters. The molecule has 1 aromatic heterocycles. The summed E-state index contributed by atoms with van der Waals surface area (Å²) in [5.74, 6) is 0.235. The van der Waals surface area contributed by atoms with Crippen LogP contribution in [0.3, 0.4) is 0 Å². The van der Waals surface area contributed by atoms with Crippen LogP contribution >= 0.6 is 11.3 Å². The van der Waals surface area contributed by atoms with E-state index in [9.17, 15) is 9.59 Å². The number of hydrogen-bond donors (Lipinski definition) is 0. The molecule has 3 aromatic rings. The van der Waals surface area contributed by atoms with Gasteiger partial charge in [0.05, 0.1) is 5.69 Å². The number of piperazine rings is 1. The van der Waals surface area contributed by atoms with Crippen LogP contribution in [0.2, 0.25) is 0 Å². The smallest absolute Gasteiger partial charge is 0.253 e. The van der Waals surface area contributed by atoms with E-state index in [4.69, 9.17) is 4.98 Å². The number of benzene rings is 2. The number of anilines is 1. The van der Waals surface area contributed by atoms with E-state index in [-0.39, 0.29) is 11.8 Å². The molecule has 170 valence electrons. The lowest BCUT2D eigenvalue weighted by Gasteiger charge is -2.34. The summed E-state index contributed by atoms with van der Waals surface area (Å²) in [6, 6.07) is 17.8. The van der Waals surface area contributed by atoms with Crippen LogP contribution < -0.4 is 4.90 Å². The molecule has 0 aliphatic carbocycles. The number of aromatic nitrogens is 1. The molecule has 0 saturated carbocycles. The summed E-state index contributed by atoms with van der Waals surface area (Å²) in [6.07, 6.45) is 2.61. The van der Waals surface area contributed by atoms with Gasteiger partial charge in [0.25, 0.3) is 5.91 Å². The number of piperidine rings is 1. The van der Waals surface area contributed by atoms with Crippen molar-refractivity contribution < 1.29 is 9.59 Å². The Morgan fingerprint density at radius 2 is 1.67 bits per heavy atom. The molecule has 0 spiro atoms. The largest absolute Gasteiger partial charge is 0.336 e. The number of carbonyl (C=O) groups excluding carboxylic acids is 2. The minimum Gasteiger partial charge on any atom is -0.336 e. The third kappa shape index (κ3) is 4.99. The van der Waals surface area contributed by atoms with Crippen molar-refractivity contribution in [2.75, 3.05) is 37.6 Å². The van der Waals surface area contributed by atoms with Gasteiger partial charge in [0, 0.05) is 67.9 Å². The van der Waals surface area contributed by atoms with E-state index in [0.717, 1.165) is 61.0 Å². The molecule has 2 saturated heterocycles. The molecule has 6 nitrogen and oxygen atoms in total. The van der Waals surface area contributed by atoms with Crippen LogP contribution in [0, 0.1) is 0 Å². The number of carbonyl (C=O) groups is 2. The molecule has 0 atom stereocenters. The number of hydrogen-bond acceptors (Lipinski definition) is 5. The molecule has 2 aromatic carbocycles. The lowest BCUT2D eigenvalue weighted by molar-refractivity contribution is -0.119.